The van der Waals surface area contributed by atoms with Crippen LogP contribution < -0.4 is 0 Å². The first-order chi connectivity index (χ1) is 7.24. The van der Waals surface area contributed by atoms with E-state index >= 15 is 0 Å². The SMILES string of the molecule is C=C(C(=O)OC)c1ccccc1C1CO1. The van der Waals surface area contributed by atoms with Crippen molar-refractivity contribution in [3.63, 3.8) is 0 Å². The van der Waals surface area contributed by atoms with E-state index in [1.165, 1.54) is 7.11 Å². The number of methoxy groups -OCH3 is 1. The van der Waals surface area contributed by atoms with Gasteiger partial charge >= 0.3 is 5.97 Å². The van der Waals surface area contributed by atoms with Crippen molar-refractivity contribution >= 4 is 11.5 Å². The van der Waals surface area contributed by atoms with Crippen molar-refractivity contribution in [3.8, 4) is 0 Å². The predicted molar refractivity (Wildman–Crippen MR) is 56.2 cm³/mol. The van der Waals surface area contributed by atoms with Crippen LogP contribution in [0.25, 0.3) is 5.57 Å². The fourth-order valence-corrected chi connectivity index (χ4v) is 1.51. The first-order valence-corrected chi connectivity index (χ1v) is 4.72. The average Bonchev–Trinajstić information content (AvgIpc) is 3.11. The number of esters is 1. The maximum absolute atomic E-state index is 11.3. The fourth-order valence-electron chi connectivity index (χ4n) is 1.51. The second-order valence-corrected chi connectivity index (χ2v) is 3.38. The number of epoxide rings is 1. The zero-order valence-electron chi connectivity index (χ0n) is 8.53. The van der Waals surface area contributed by atoms with Gasteiger partial charge in [0.15, 0.2) is 0 Å². The molecule has 3 nitrogen and oxygen atoms in total. The summed E-state index contributed by atoms with van der Waals surface area (Å²) in [6.45, 7) is 4.45. The smallest absolute Gasteiger partial charge is 0.337 e. The summed E-state index contributed by atoms with van der Waals surface area (Å²) >= 11 is 0. The van der Waals surface area contributed by atoms with E-state index in [1.807, 2.05) is 24.3 Å². The highest BCUT2D eigenvalue weighted by atomic mass is 16.6. The van der Waals surface area contributed by atoms with Crippen LogP contribution in [0.4, 0.5) is 0 Å². The molecular weight excluding hydrogens is 192 g/mol. The van der Waals surface area contributed by atoms with Crippen LogP contribution in [0.3, 0.4) is 0 Å². The Morgan fingerprint density at radius 3 is 2.80 bits per heavy atom. The molecule has 1 unspecified atom stereocenters. The number of hydrogen-bond donors (Lipinski definition) is 0. The Balaban J connectivity index is 2.34. The number of benzene rings is 1. The van der Waals surface area contributed by atoms with Gasteiger partial charge in [-0.2, -0.15) is 0 Å². The van der Waals surface area contributed by atoms with Crippen LogP contribution in [0.1, 0.15) is 17.2 Å². The lowest BCUT2D eigenvalue weighted by atomic mass is 9.99. The summed E-state index contributed by atoms with van der Waals surface area (Å²) in [5.41, 5.74) is 2.20. The van der Waals surface area contributed by atoms with Crippen LogP contribution in [0.5, 0.6) is 0 Å². The van der Waals surface area contributed by atoms with Crippen LogP contribution in [0.2, 0.25) is 0 Å². The van der Waals surface area contributed by atoms with Gasteiger partial charge in [-0.15, -0.1) is 0 Å². The first-order valence-electron chi connectivity index (χ1n) is 4.72. The van der Waals surface area contributed by atoms with Crippen molar-refractivity contribution in [2.75, 3.05) is 13.7 Å². The molecule has 78 valence electrons. The Hall–Kier alpha value is -1.61. The number of ether oxygens (including phenoxy) is 2. The third-order valence-corrected chi connectivity index (χ3v) is 2.40. The van der Waals surface area contributed by atoms with Gasteiger partial charge in [0.2, 0.25) is 0 Å². The summed E-state index contributed by atoms with van der Waals surface area (Å²) in [5.74, 6) is -0.400. The van der Waals surface area contributed by atoms with E-state index in [2.05, 4.69) is 11.3 Å². The average molecular weight is 204 g/mol. The molecule has 0 amide bonds. The molecule has 1 aliphatic rings. The van der Waals surface area contributed by atoms with Crippen molar-refractivity contribution in [2.45, 2.75) is 6.10 Å². The Morgan fingerprint density at radius 2 is 2.20 bits per heavy atom. The molecule has 3 heteroatoms. The lowest BCUT2D eigenvalue weighted by Crippen LogP contribution is -2.04. The molecule has 0 aromatic heterocycles. The van der Waals surface area contributed by atoms with Gasteiger partial charge in [-0.3, -0.25) is 0 Å². The molecule has 1 atom stereocenters. The molecule has 0 radical (unpaired) electrons. The third kappa shape index (κ3) is 1.92. The molecule has 1 fully saturated rings. The topological polar surface area (TPSA) is 38.8 Å². The van der Waals surface area contributed by atoms with Gasteiger partial charge in [0, 0.05) is 0 Å². The Bertz CT molecular complexity index is 405. The van der Waals surface area contributed by atoms with Gasteiger partial charge in [-0.1, -0.05) is 30.8 Å². The van der Waals surface area contributed by atoms with Crippen molar-refractivity contribution in [2.24, 2.45) is 0 Å². The quantitative estimate of drug-likeness (QED) is 0.429. The first kappa shape index (κ1) is 9.93. The van der Waals surface area contributed by atoms with Gasteiger partial charge < -0.3 is 9.47 Å². The highest BCUT2D eigenvalue weighted by molar-refractivity contribution is 6.16. The van der Waals surface area contributed by atoms with E-state index in [0.717, 1.165) is 11.1 Å². The highest BCUT2D eigenvalue weighted by Crippen LogP contribution is 2.34. The van der Waals surface area contributed by atoms with Gasteiger partial charge in [0.25, 0.3) is 0 Å². The molecule has 0 spiro atoms. The summed E-state index contributed by atoms with van der Waals surface area (Å²) in [6.07, 6.45) is 0.114. The summed E-state index contributed by atoms with van der Waals surface area (Å²) in [6, 6.07) is 7.60. The monoisotopic (exact) mass is 204 g/mol. The standard InChI is InChI=1S/C12H12O3/c1-8(12(13)14-2)9-5-3-4-6-10(9)11-7-15-11/h3-6,11H,1,7H2,2H3. The van der Waals surface area contributed by atoms with Gasteiger partial charge in [0.05, 0.1) is 19.3 Å². The van der Waals surface area contributed by atoms with E-state index in [0.29, 0.717) is 12.2 Å². The maximum Gasteiger partial charge on any atom is 0.337 e. The second-order valence-electron chi connectivity index (χ2n) is 3.38. The van der Waals surface area contributed by atoms with Crippen LogP contribution >= 0.6 is 0 Å². The van der Waals surface area contributed by atoms with E-state index in [1.54, 1.807) is 0 Å². The summed E-state index contributed by atoms with van der Waals surface area (Å²) in [7, 11) is 1.35. The number of carbonyl (C=O) groups excluding carboxylic acids is 1. The molecule has 1 aromatic carbocycles. The molecular formula is C12H12O3. The largest absolute Gasteiger partial charge is 0.465 e. The van der Waals surface area contributed by atoms with Gasteiger partial charge in [0.1, 0.15) is 6.10 Å². The van der Waals surface area contributed by atoms with E-state index in [4.69, 9.17) is 4.74 Å². The zero-order chi connectivity index (χ0) is 10.8. The maximum atomic E-state index is 11.3. The minimum atomic E-state index is -0.400. The third-order valence-electron chi connectivity index (χ3n) is 2.40. The van der Waals surface area contributed by atoms with Crippen molar-refractivity contribution in [1.29, 1.82) is 0 Å². The molecule has 2 rings (SSSR count). The van der Waals surface area contributed by atoms with E-state index in [-0.39, 0.29) is 6.10 Å². The summed E-state index contributed by atoms with van der Waals surface area (Å²) < 4.78 is 9.85. The van der Waals surface area contributed by atoms with Crippen molar-refractivity contribution in [1.82, 2.24) is 0 Å². The molecule has 0 bridgehead atoms. The van der Waals surface area contributed by atoms with E-state index in [9.17, 15) is 4.79 Å². The Labute approximate surface area is 88.3 Å². The molecule has 1 aliphatic heterocycles. The molecule has 0 saturated carbocycles. The number of hydrogen-bond acceptors (Lipinski definition) is 3. The fraction of sp³-hybridized carbons (Fsp3) is 0.250. The normalized spacial score (nSPS) is 18.3. The van der Waals surface area contributed by atoms with Crippen LogP contribution in [0.15, 0.2) is 30.8 Å². The lowest BCUT2D eigenvalue weighted by Gasteiger charge is -2.08. The summed E-state index contributed by atoms with van der Waals surface area (Å²) in [5, 5.41) is 0. The zero-order valence-corrected chi connectivity index (χ0v) is 8.53. The van der Waals surface area contributed by atoms with Crippen LogP contribution in [-0.4, -0.2) is 19.7 Å². The summed E-state index contributed by atoms with van der Waals surface area (Å²) in [4.78, 5) is 11.3. The Morgan fingerprint density at radius 1 is 1.53 bits per heavy atom. The van der Waals surface area contributed by atoms with Crippen LogP contribution in [0, 0.1) is 0 Å². The highest BCUT2D eigenvalue weighted by Gasteiger charge is 2.28. The molecule has 0 aliphatic carbocycles. The molecule has 1 saturated heterocycles. The van der Waals surface area contributed by atoms with Gasteiger partial charge in [-0.25, -0.2) is 4.79 Å². The van der Waals surface area contributed by atoms with Gasteiger partial charge in [-0.05, 0) is 11.1 Å². The Kier molecular flexibility index (Phi) is 2.56. The molecule has 1 heterocycles. The molecule has 15 heavy (non-hydrogen) atoms. The molecule has 0 N–H and O–H groups in total. The lowest BCUT2D eigenvalue weighted by molar-refractivity contribution is -0.133. The number of rotatable bonds is 3. The number of carbonyl (C=O) groups is 1. The second kappa shape index (κ2) is 3.87. The van der Waals surface area contributed by atoms with Crippen LogP contribution in [-0.2, 0) is 14.3 Å². The van der Waals surface area contributed by atoms with Crippen molar-refractivity contribution < 1.29 is 14.3 Å². The predicted octanol–water partition coefficient (Wildman–Crippen LogP) is 1.94. The van der Waals surface area contributed by atoms with E-state index < -0.39 is 5.97 Å². The molecule has 1 aromatic rings. The minimum Gasteiger partial charge on any atom is -0.465 e. The van der Waals surface area contributed by atoms with Crippen molar-refractivity contribution in [3.05, 3.63) is 42.0 Å². The minimum absolute atomic E-state index is 0.114.